The van der Waals surface area contributed by atoms with Crippen molar-refractivity contribution in [1.82, 2.24) is 25.5 Å². The molecule has 0 amide bonds. The van der Waals surface area contributed by atoms with Gasteiger partial charge in [0.25, 0.3) is 0 Å². The predicted molar refractivity (Wildman–Crippen MR) is 115 cm³/mol. The average molecular weight is 490 g/mol. The minimum absolute atomic E-state index is 0. The molecule has 0 aliphatic carbocycles. The summed E-state index contributed by atoms with van der Waals surface area (Å²) in [5.74, 6) is 2.23. The van der Waals surface area contributed by atoms with Gasteiger partial charge in [-0.1, -0.05) is 47.1 Å². The molecule has 0 spiro atoms. The molecule has 3 aromatic rings. The zero-order valence-electron chi connectivity index (χ0n) is 16.4. The van der Waals surface area contributed by atoms with E-state index in [-0.39, 0.29) is 12.4 Å². The lowest BCUT2D eigenvalue weighted by Crippen LogP contribution is -3.00. The van der Waals surface area contributed by atoms with Gasteiger partial charge < -0.3 is 27.2 Å². The van der Waals surface area contributed by atoms with Gasteiger partial charge in [-0.15, -0.1) is 5.10 Å². The number of aryl methyl sites for hydroxylation is 1. The molecule has 0 aliphatic rings. The van der Waals surface area contributed by atoms with E-state index in [0.717, 1.165) is 35.1 Å². The molecule has 0 aliphatic heterocycles. The number of methoxy groups -OCH3 is 1. The summed E-state index contributed by atoms with van der Waals surface area (Å²) < 4.78 is 13.0. The van der Waals surface area contributed by atoms with E-state index in [9.17, 15) is 0 Å². The number of hydrogen-bond acceptors (Lipinski definition) is 7. The summed E-state index contributed by atoms with van der Waals surface area (Å²) in [5.41, 5.74) is 2.04. The van der Waals surface area contributed by atoms with Gasteiger partial charge >= 0.3 is 0 Å². The lowest BCUT2D eigenvalue weighted by molar-refractivity contribution is -0.00000650. The fourth-order valence-corrected chi connectivity index (χ4v) is 3.59. The molecule has 0 radical (unpaired) electrons. The third-order valence-corrected chi connectivity index (χ3v) is 5.78. The lowest BCUT2D eigenvalue weighted by Gasteiger charge is -2.13. The highest BCUT2D eigenvalue weighted by Gasteiger charge is 2.08. The number of tetrazole rings is 1. The minimum atomic E-state index is 0. The van der Waals surface area contributed by atoms with Gasteiger partial charge in [-0.3, -0.25) is 0 Å². The van der Waals surface area contributed by atoms with E-state index in [4.69, 9.17) is 32.7 Å². The first-order valence-corrected chi connectivity index (χ1v) is 10.6. The van der Waals surface area contributed by atoms with Crippen molar-refractivity contribution >= 4 is 35.0 Å². The number of hydrogen-bond donors (Lipinski definition) is 1. The van der Waals surface area contributed by atoms with E-state index in [1.54, 1.807) is 35.7 Å². The minimum Gasteiger partial charge on any atom is -1.00 e. The highest BCUT2D eigenvalue weighted by atomic mass is 35.5. The summed E-state index contributed by atoms with van der Waals surface area (Å²) in [4.78, 5) is 0. The lowest BCUT2D eigenvalue weighted by atomic mass is 10.2. The van der Waals surface area contributed by atoms with Crippen molar-refractivity contribution in [3.63, 3.8) is 0 Å². The third kappa shape index (κ3) is 6.92. The smallest absolute Gasteiger partial charge is 0.209 e. The fourth-order valence-electron chi connectivity index (χ4n) is 2.52. The average Bonchev–Trinajstić information content (AvgIpc) is 3.13. The second-order valence-corrected chi connectivity index (χ2v) is 8.01. The Labute approximate surface area is 195 Å². The number of aromatic nitrogens is 4. The van der Waals surface area contributed by atoms with Crippen LogP contribution in [-0.4, -0.2) is 39.6 Å². The third-order valence-electron chi connectivity index (χ3n) is 4.03. The van der Waals surface area contributed by atoms with E-state index >= 15 is 0 Å². The molecule has 3 rings (SSSR count). The first-order valence-electron chi connectivity index (χ1n) is 8.86. The molecule has 7 nitrogen and oxygen atoms in total. The zero-order chi connectivity index (χ0) is 20.6. The van der Waals surface area contributed by atoms with E-state index in [2.05, 4.69) is 20.8 Å². The Morgan fingerprint density at radius 3 is 2.57 bits per heavy atom. The van der Waals surface area contributed by atoms with Gasteiger partial charge in [0.05, 0.1) is 17.2 Å². The number of rotatable bonds is 10. The summed E-state index contributed by atoms with van der Waals surface area (Å²) in [7, 11) is 3.46. The standard InChI is InChI=1S/C19H21Cl2N5O2S.ClH/c1-26-19(23-24-25-26)29-8-7-22-11-13-4-6-17(18(10-13)27-2)28-12-14-3-5-15(20)16(21)9-14;/h3-6,9-10,22H,7-8,11-12H2,1-2H3;1H/p-1. The van der Waals surface area contributed by atoms with Gasteiger partial charge in [0.15, 0.2) is 11.5 Å². The summed E-state index contributed by atoms with van der Waals surface area (Å²) in [6, 6.07) is 11.3. The fraction of sp³-hybridized carbons (Fsp3) is 0.316. The Bertz CT molecular complexity index is 958. The summed E-state index contributed by atoms with van der Waals surface area (Å²) in [6.45, 7) is 1.93. The molecule has 0 saturated carbocycles. The zero-order valence-corrected chi connectivity index (χ0v) is 19.5. The second-order valence-electron chi connectivity index (χ2n) is 6.13. The maximum absolute atomic E-state index is 6.05. The van der Waals surface area contributed by atoms with Crippen molar-refractivity contribution < 1.29 is 21.9 Å². The molecule has 30 heavy (non-hydrogen) atoms. The van der Waals surface area contributed by atoms with Crippen LogP contribution < -0.4 is 27.2 Å². The number of nitrogens with one attached hydrogen (secondary N) is 1. The molecular formula is C19H21Cl3N5O2S-. The number of nitrogens with zero attached hydrogens (tertiary/aromatic N) is 4. The van der Waals surface area contributed by atoms with Crippen molar-refractivity contribution in [2.45, 2.75) is 18.3 Å². The largest absolute Gasteiger partial charge is 1.00 e. The molecular weight excluding hydrogens is 469 g/mol. The summed E-state index contributed by atoms with van der Waals surface area (Å²) in [5, 5.41) is 16.6. The van der Waals surface area contributed by atoms with Crippen molar-refractivity contribution in [2.24, 2.45) is 7.05 Å². The number of ether oxygens (including phenoxy) is 2. The van der Waals surface area contributed by atoms with Crippen LogP contribution >= 0.6 is 35.0 Å². The predicted octanol–water partition coefficient (Wildman–Crippen LogP) is 0.990. The van der Waals surface area contributed by atoms with Gasteiger partial charge in [-0.05, 0) is 45.8 Å². The van der Waals surface area contributed by atoms with Gasteiger partial charge in [0.1, 0.15) is 6.61 Å². The maximum Gasteiger partial charge on any atom is 0.209 e. The highest BCUT2D eigenvalue weighted by molar-refractivity contribution is 7.99. The van der Waals surface area contributed by atoms with Gasteiger partial charge in [0, 0.05) is 25.9 Å². The van der Waals surface area contributed by atoms with Crippen molar-refractivity contribution in [3.05, 3.63) is 57.6 Å². The second kappa shape index (κ2) is 12.2. The molecule has 11 heteroatoms. The molecule has 0 atom stereocenters. The first kappa shape index (κ1) is 24.6. The Morgan fingerprint density at radius 1 is 1.07 bits per heavy atom. The van der Waals surface area contributed by atoms with Crippen LogP contribution in [0.4, 0.5) is 0 Å². The van der Waals surface area contributed by atoms with Crippen molar-refractivity contribution in [2.75, 3.05) is 19.4 Å². The Hall–Kier alpha value is -1.71. The molecule has 1 N–H and O–H groups in total. The molecule has 0 bridgehead atoms. The van der Waals surface area contributed by atoms with Crippen LogP contribution in [0.5, 0.6) is 11.5 Å². The van der Waals surface area contributed by atoms with Crippen molar-refractivity contribution in [3.8, 4) is 11.5 Å². The topological polar surface area (TPSA) is 74.1 Å². The van der Waals surface area contributed by atoms with Gasteiger partial charge in [-0.2, -0.15) is 0 Å². The summed E-state index contributed by atoms with van der Waals surface area (Å²) in [6.07, 6.45) is 0. The molecule has 0 unspecified atom stereocenters. The quantitative estimate of drug-likeness (QED) is 0.336. The number of halogens is 3. The molecule has 1 aromatic heterocycles. The van der Waals surface area contributed by atoms with Crippen LogP contribution in [0.2, 0.25) is 10.0 Å². The maximum atomic E-state index is 6.05. The van der Waals surface area contributed by atoms with Gasteiger partial charge in [-0.25, -0.2) is 4.68 Å². The number of thioether (sulfide) groups is 1. The van der Waals surface area contributed by atoms with Crippen LogP contribution in [0.1, 0.15) is 11.1 Å². The van der Waals surface area contributed by atoms with Crippen molar-refractivity contribution in [1.29, 1.82) is 0 Å². The van der Waals surface area contributed by atoms with Crippen LogP contribution in [-0.2, 0) is 20.2 Å². The number of benzene rings is 2. The molecule has 0 saturated heterocycles. The van der Waals surface area contributed by atoms with E-state index < -0.39 is 0 Å². The monoisotopic (exact) mass is 488 g/mol. The Kier molecular flexibility index (Phi) is 10.0. The highest BCUT2D eigenvalue weighted by Crippen LogP contribution is 2.30. The first-order chi connectivity index (χ1) is 14.1. The molecule has 0 fully saturated rings. The van der Waals surface area contributed by atoms with Crippen LogP contribution in [0.25, 0.3) is 0 Å². The normalized spacial score (nSPS) is 10.5. The van der Waals surface area contributed by atoms with Crippen LogP contribution in [0.3, 0.4) is 0 Å². The molecule has 1 heterocycles. The van der Waals surface area contributed by atoms with E-state index in [0.29, 0.717) is 28.2 Å². The van der Waals surface area contributed by atoms with E-state index in [1.165, 1.54) is 0 Å². The van der Waals surface area contributed by atoms with E-state index in [1.807, 2.05) is 31.3 Å². The van der Waals surface area contributed by atoms with Gasteiger partial charge in [0.2, 0.25) is 5.16 Å². The Balaban J connectivity index is 0.00000320. The Morgan fingerprint density at radius 2 is 1.87 bits per heavy atom. The van der Waals surface area contributed by atoms with Crippen LogP contribution in [0, 0.1) is 0 Å². The summed E-state index contributed by atoms with van der Waals surface area (Å²) >= 11 is 13.6. The van der Waals surface area contributed by atoms with Crippen LogP contribution in [0.15, 0.2) is 41.6 Å². The molecule has 2 aromatic carbocycles. The SMILES string of the molecule is COc1cc(CNCCSc2nnnn2C)ccc1OCc1ccc(Cl)c(Cl)c1.[Cl-]. The molecule has 162 valence electrons.